The Hall–Kier alpha value is -2.24. The first-order chi connectivity index (χ1) is 8.45. The second-order valence-corrected chi connectivity index (χ2v) is 3.86. The van der Waals surface area contributed by atoms with E-state index in [9.17, 15) is 9.59 Å². The van der Waals surface area contributed by atoms with Gasteiger partial charge in [-0.2, -0.15) is 0 Å². The maximum Gasteiger partial charge on any atom is 0.342 e. The highest BCUT2D eigenvalue weighted by molar-refractivity contribution is 5.93. The van der Waals surface area contributed by atoms with Gasteiger partial charge in [-0.3, -0.25) is 4.79 Å². The van der Waals surface area contributed by atoms with Crippen molar-refractivity contribution in [3.8, 4) is 5.75 Å². The van der Waals surface area contributed by atoms with Gasteiger partial charge in [-0.1, -0.05) is 6.92 Å². The van der Waals surface area contributed by atoms with Crippen LogP contribution in [0.1, 0.15) is 17.3 Å². The van der Waals surface area contributed by atoms with Gasteiger partial charge < -0.3 is 20.9 Å². The number of nitrogen functional groups attached to an aromatic ring is 1. The molecule has 0 bridgehead atoms. The largest absolute Gasteiger partial charge is 0.496 e. The summed E-state index contributed by atoms with van der Waals surface area (Å²) in [7, 11) is 1.44. The number of esters is 1. The van der Waals surface area contributed by atoms with Gasteiger partial charge >= 0.3 is 5.97 Å². The van der Waals surface area contributed by atoms with Crippen molar-refractivity contribution < 1.29 is 19.1 Å². The molecule has 1 aromatic rings. The first-order valence-electron chi connectivity index (χ1n) is 5.35. The monoisotopic (exact) mass is 252 g/mol. The predicted octanol–water partition coefficient (Wildman–Crippen LogP) is 0.556. The highest BCUT2D eigenvalue weighted by Gasteiger charge is 2.17. The molecule has 0 saturated heterocycles. The van der Waals surface area contributed by atoms with E-state index in [4.69, 9.17) is 20.9 Å². The first kappa shape index (κ1) is 13.8. The number of carbonyl (C=O) groups excluding carboxylic acids is 2. The SMILES string of the molecule is COc1ccc(N)cc1C(=O)OCC(C)C(N)=O. The van der Waals surface area contributed by atoms with Crippen LogP contribution in [0.5, 0.6) is 5.75 Å². The highest BCUT2D eigenvalue weighted by atomic mass is 16.5. The van der Waals surface area contributed by atoms with Crippen LogP contribution in [0.2, 0.25) is 0 Å². The summed E-state index contributed by atoms with van der Waals surface area (Å²) in [5.74, 6) is -1.31. The van der Waals surface area contributed by atoms with Gasteiger partial charge in [0.15, 0.2) is 0 Å². The van der Waals surface area contributed by atoms with Crippen molar-refractivity contribution in [1.82, 2.24) is 0 Å². The highest BCUT2D eigenvalue weighted by Crippen LogP contribution is 2.22. The summed E-state index contributed by atoms with van der Waals surface area (Å²) in [5, 5.41) is 0. The van der Waals surface area contributed by atoms with E-state index in [1.54, 1.807) is 19.1 Å². The molecule has 0 aliphatic carbocycles. The van der Waals surface area contributed by atoms with Crippen LogP contribution in [0.25, 0.3) is 0 Å². The summed E-state index contributed by atoms with van der Waals surface area (Å²) in [6.07, 6.45) is 0. The van der Waals surface area contributed by atoms with E-state index in [1.165, 1.54) is 13.2 Å². The lowest BCUT2D eigenvalue weighted by Gasteiger charge is -2.11. The Bertz CT molecular complexity index is 459. The van der Waals surface area contributed by atoms with Crippen LogP contribution >= 0.6 is 0 Å². The molecule has 0 saturated carbocycles. The normalized spacial score (nSPS) is 11.7. The Labute approximate surface area is 105 Å². The zero-order valence-electron chi connectivity index (χ0n) is 10.3. The predicted molar refractivity (Wildman–Crippen MR) is 66.0 cm³/mol. The van der Waals surface area contributed by atoms with Gasteiger partial charge in [0.1, 0.15) is 17.9 Å². The Morgan fingerprint density at radius 3 is 2.61 bits per heavy atom. The number of amides is 1. The summed E-state index contributed by atoms with van der Waals surface area (Å²) < 4.78 is 10.0. The minimum Gasteiger partial charge on any atom is -0.496 e. The van der Waals surface area contributed by atoms with Crippen molar-refractivity contribution in [2.24, 2.45) is 11.7 Å². The maximum atomic E-state index is 11.8. The van der Waals surface area contributed by atoms with Crippen LogP contribution in [0.4, 0.5) is 5.69 Å². The fourth-order valence-electron chi connectivity index (χ4n) is 1.25. The molecule has 0 heterocycles. The molecule has 6 nitrogen and oxygen atoms in total. The molecule has 18 heavy (non-hydrogen) atoms. The molecule has 6 heteroatoms. The number of nitrogens with two attached hydrogens (primary N) is 2. The minimum absolute atomic E-state index is 0.0773. The Morgan fingerprint density at radius 1 is 1.39 bits per heavy atom. The average molecular weight is 252 g/mol. The van der Waals surface area contributed by atoms with E-state index in [2.05, 4.69) is 0 Å². The molecule has 1 unspecified atom stereocenters. The molecule has 4 N–H and O–H groups in total. The van der Waals surface area contributed by atoms with Gasteiger partial charge in [0.25, 0.3) is 0 Å². The maximum absolute atomic E-state index is 11.8. The van der Waals surface area contributed by atoms with E-state index >= 15 is 0 Å². The molecule has 0 fully saturated rings. The standard InChI is InChI=1S/C12H16N2O4/c1-7(11(14)15)6-18-12(16)9-5-8(13)3-4-10(9)17-2/h3-5,7H,6,13H2,1-2H3,(H2,14,15). The molecule has 1 amide bonds. The lowest BCUT2D eigenvalue weighted by Crippen LogP contribution is -2.26. The van der Waals surface area contributed by atoms with Crippen LogP contribution in [0.15, 0.2) is 18.2 Å². The fraction of sp³-hybridized carbons (Fsp3) is 0.333. The smallest absolute Gasteiger partial charge is 0.342 e. The van der Waals surface area contributed by atoms with E-state index in [0.29, 0.717) is 11.4 Å². The third kappa shape index (κ3) is 3.38. The van der Waals surface area contributed by atoms with E-state index in [-0.39, 0.29) is 12.2 Å². The van der Waals surface area contributed by atoms with Gasteiger partial charge in [-0.15, -0.1) is 0 Å². The second-order valence-electron chi connectivity index (χ2n) is 3.86. The molecular formula is C12H16N2O4. The van der Waals surface area contributed by atoms with Gasteiger partial charge in [0.05, 0.1) is 13.0 Å². The van der Waals surface area contributed by atoms with E-state index in [0.717, 1.165) is 0 Å². The second kappa shape index (κ2) is 5.90. The molecule has 1 atom stereocenters. The summed E-state index contributed by atoms with van der Waals surface area (Å²) in [4.78, 5) is 22.6. The Morgan fingerprint density at radius 2 is 2.06 bits per heavy atom. The molecule has 98 valence electrons. The number of methoxy groups -OCH3 is 1. The summed E-state index contributed by atoms with van der Waals surface area (Å²) in [6, 6.07) is 4.64. The number of primary amides is 1. The van der Waals surface area contributed by atoms with Crippen LogP contribution in [-0.4, -0.2) is 25.6 Å². The van der Waals surface area contributed by atoms with Crippen molar-refractivity contribution in [2.45, 2.75) is 6.92 Å². The zero-order valence-corrected chi connectivity index (χ0v) is 10.3. The van der Waals surface area contributed by atoms with Gasteiger partial charge in [0.2, 0.25) is 5.91 Å². The summed E-state index contributed by atoms with van der Waals surface area (Å²) >= 11 is 0. The molecule has 0 aliphatic rings. The van der Waals surface area contributed by atoms with Crippen LogP contribution < -0.4 is 16.2 Å². The number of anilines is 1. The Balaban J connectivity index is 2.78. The van der Waals surface area contributed by atoms with Crippen LogP contribution in [0, 0.1) is 5.92 Å². The average Bonchev–Trinajstić information content (AvgIpc) is 2.35. The summed E-state index contributed by atoms with van der Waals surface area (Å²) in [6.45, 7) is 1.50. The van der Waals surface area contributed by atoms with Crippen molar-refractivity contribution in [1.29, 1.82) is 0 Å². The third-order valence-corrected chi connectivity index (χ3v) is 2.39. The van der Waals surface area contributed by atoms with Crippen LogP contribution in [0.3, 0.4) is 0 Å². The number of rotatable bonds is 5. The molecule has 0 radical (unpaired) electrons. The molecule has 0 aromatic heterocycles. The topological polar surface area (TPSA) is 105 Å². The molecule has 0 aliphatic heterocycles. The number of benzene rings is 1. The van der Waals surface area contributed by atoms with Crippen molar-refractivity contribution in [3.05, 3.63) is 23.8 Å². The third-order valence-electron chi connectivity index (χ3n) is 2.39. The van der Waals surface area contributed by atoms with Gasteiger partial charge in [-0.05, 0) is 18.2 Å². The Kier molecular flexibility index (Phi) is 4.53. The van der Waals surface area contributed by atoms with Crippen molar-refractivity contribution in [3.63, 3.8) is 0 Å². The number of hydrogen-bond acceptors (Lipinski definition) is 5. The lowest BCUT2D eigenvalue weighted by atomic mass is 10.1. The molecule has 0 spiro atoms. The molecule has 1 rings (SSSR count). The first-order valence-corrected chi connectivity index (χ1v) is 5.35. The number of hydrogen-bond donors (Lipinski definition) is 2. The van der Waals surface area contributed by atoms with Crippen molar-refractivity contribution >= 4 is 17.6 Å². The zero-order chi connectivity index (χ0) is 13.7. The van der Waals surface area contributed by atoms with Crippen LogP contribution in [-0.2, 0) is 9.53 Å². The van der Waals surface area contributed by atoms with E-state index < -0.39 is 17.8 Å². The summed E-state index contributed by atoms with van der Waals surface area (Å²) in [5.41, 5.74) is 11.3. The lowest BCUT2D eigenvalue weighted by molar-refractivity contribution is -0.122. The molecular weight excluding hydrogens is 236 g/mol. The molecule has 1 aromatic carbocycles. The quantitative estimate of drug-likeness (QED) is 0.588. The number of ether oxygens (including phenoxy) is 2. The fourth-order valence-corrected chi connectivity index (χ4v) is 1.25. The van der Waals surface area contributed by atoms with Gasteiger partial charge in [-0.25, -0.2) is 4.79 Å². The van der Waals surface area contributed by atoms with Gasteiger partial charge in [0, 0.05) is 5.69 Å². The van der Waals surface area contributed by atoms with E-state index in [1.807, 2.05) is 0 Å². The number of carbonyl (C=O) groups is 2. The van der Waals surface area contributed by atoms with Crippen molar-refractivity contribution in [2.75, 3.05) is 19.5 Å². The minimum atomic E-state index is -0.604.